The lowest BCUT2D eigenvalue weighted by molar-refractivity contribution is -0.143. The van der Waals surface area contributed by atoms with Crippen molar-refractivity contribution in [2.24, 2.45) is 0 Å². The monoisotopic (exact) mass is 355 g/mol. The first-order chi connectivity index (χ1) is 11.0. The first kappa shape index (κ1) is 20.3. The number of carbonyl (C=O) groups excluding carboxylic acids is 2. The molecule has 0 spiro atoms. The summed E-state index contributed by atoms with van der Waals surface area (Å²) in [5.74, 6) is -1.67. The first-order valence-electron chi connectivity index (χ1n) is 7.76. The molecule has 24 heavy (non-hydrogen) atoms. The van der Waals surface area contributed by atoms with Crippen molar-refractivity contribution in [1.29, 1.82) is 0 Å². The number of amides is 1. The number of halogens is 1. The van der Waals surface area contributed by atoms with Crippen LogP contribution in [0.3, 0.4) is 0 Å². The molecule has 1 amide bonds. The molecule has 0 aliphatic rings. The highest BCUT2D eigenvalue weighted by molar-refractivity contribution is 6.74. The second kappa shape index (κ2) is 7.89. The van der Waals surface area contributed by atoms with E-state index in [0.717, 1.165) is 6.07 Å². The van der Waals surface area contributed by atoms with Gasteiger partial charge in [-0.05, 0) is 36.3 Å². The van der Waals surface area contributed by atoms with Gasteiger partial charge in [-0.25, -0.2) is 9.18 Å². The topological polar surface area (TPSA) is 64.6 Å². The number of rotatable bonds is 6. The third kappa shape index (κ3) is 5.42. The first-order valence-corrected chi connectivity index (χ1v) is 10.7. The van der Waals surface area contributed by atoms with E-state index >= 15 is 0 Å². The number of nitrogens with one attached hydrogen (secondary N) is 1. The molecular weight excluding hydrogens is 329 g/mol. The van der Waals surface area contributed by atoms with Gasteiger partial charge in [-0.3, -0.25) is 4.79 Å². The molecule has 1 unspecified atom stereocenters. The minimum absolute atomic E-state index is 0.0181. The zero-order valence-corrected chi connectivity index (χ0v) is 16.1. The summed E-state index contributed by atoms with van der Waals surface area (Å²) in [6, 6.07) is 4.32. The number of esters is 1. The average molecular weight is 355 g/mol. The van der Waals surface area contributed by atoms with Crippen LogP contribution in [0, 0.1) is 5.82 Å². The van der Waals surface area contributed by atoms with E-state index < -0.39 is 32.1 Å². The van der Waals surface area contributed by atoms with Crippen molar-refractivity contribution >= 4 is 20.2 Å². The zero-order valence-electron chi connectivity index (χ0n) is 15.1. The molecule has 1 atom stereocenters. The number of methoxy groups -OCH3 is 1. The van der Waals surface area contributed by atoms with Gasteiger partial charge in [0.2, 0.25) is 0 Å². The maximum atomic E-state index is 13.2. The van der Waals surface area contributed by atoms with E-state index in [0.29, 0.717) is 0 Å². The summed E-state index contributed by atoms with van der Waals surface area (Å²) < 4.78 is 24.0. The molecule has 0 fully saturated rings. The summed E-state index contributed by atoms with van der Waals surface area (Å²) >= 11 is 0. The molecule has 0 aliphatic carbocycles. The normalized spacial score (nSPS) is 13.3. The van der Waals surface area contributed by atoms with Crippen molar-refractivity contribution in [2.75, 3.05) is 13.7 Å². The summed E-state index contributed by atoms with van der Waals surface area (Å²) in [5, 5.41) is 2.52. The Morgan fingerprint density at radius 2 is 1.92 bits per heavy atom. The van der Waals surface area contributed by atoms with Gasteiger partial charge in [-0.15, -0.1) is 0 Å². The third-order valence-corrected chi connectivity index (χ3v) is 8.80. The Morgan fingerprint density at radius 1 is 1.29 bits per heavy atom. The van der Waals surface area contributed by atoms with Crippen LogP contribution in [-0.4, -0.2) is 40.0 Å². The number of benzene rings is 1. The molecule has 0 saturated carbocycles. The number of carbonyl (C=O) groups is 2. The van der Waals surface area contributed by atoms with E-state index in [1.165, 1.54) is 25.3 Å². The fourth-order valence-electron chi connectivity index (χ4n) is 1.69. The second-order valence-corrected chi connectivity index (χ2v) is 11.9. The Kier molecular flexibility index (Phi) is 6.68. The van der Waals surface area contributed by atoms with Gasteiger partial charge in [-0.2, -0.15) is 0 Å². The maximum Gasteiger partial charge on any atom is 0.330 e. The van der Waals surface area contributed by atoms with Crippen LogP contribution in [0.1, 0.15) is 31.1 Å². The maximum absolute atomic E-state index is 13.2. The van der Waals surface area contributed by atoms with Crippen LogP contribution in [0.2, 0.25) is 18.1 Å². The predicted octanol–water partition coefficient (Wildman–Crippen LogP) is 3.12. The lowest BCUT2D eigenvalue weighted by Crippen LogP contribution is -2.49. The summed E-state index contributed by atoms with van der Waals surface area (Å²) in [5.41, 5.74) is 0.135. The highest BCUT2D eigenvalue weighted by Crippen LogP contribution is 2.36. The predicted molar refractivity (Wildman–Crippen MR) is 92.8 cm³/mol. The standard InChI is InChI=1S/C17H26FNO4Si/c1-17(2,3)24(5,6)23-11-14(16(21)22-4)19-15(20)12-8-7-9-13(18)10-12/h7-10,14H,11H2,1-6H3,(H,19,20). The molecule has 1 aromatic rings. The Labute approximate surface area is 143 Å². The van der Waals surface area contributed by atoms with Crippen molar-refractivity contribution in [3.63, 3.8) is 0 Å². The van der Waals surface area contributed by atoms with Crippen molar-refractivity contribution in [3.8, 4) is 0 Å². The third-order valence-electron chi connectivity index (χ3n) is 4.29. The van der Waals surface area contributed by atoms with Gasteiger partial charge in [-0.1, -0.05) is 26.8 Å². The van der Waals surface area contributed by atoms with Crippen LogP contribution in [0.15, 0.2) is 24.3 Å². The molecule has 0 bridgehead atoms. The molecule has 0 radical (unpaired) electrons. The fourth-order valence-corrected chi connectivity index (χ4v) is 2.71. The Hall–Kier alpha value is -1.73. The van der Waals surface area contributed by atoms with Crippen molar-refractivity contribution in [1.82, 2.24) is 5.32 Å². The van der Waals surface area contributed by atoms with Crippen LogP contribution < -0.4 is 5.32 Å². The van der Waals surface area contributed by atoms with E-state index in [9.17, 15) is 14.0 Å². The highest BCUT2D eigenvalue weighted by atomic mass is 28.4. The lowest BCUT2D eigenvalue weighted by atomic mass is 10.2. The molecule has 1 N–H and O–H groups in total. The Morgan fingerprint density at radius 3 is 2.42 bits per heavy atom. The van der Waals surface area contributed by atoms with E-state index in [4.69, 9.17) is 9.16 Å². The summed E-state index contributed by atoms with van der Waals surface area (Å²) in [6.07, 6.45) is 0. The molecule has 0 aliphatic heterocycles. The van der Waals surface area contributed by atoms with Gasteiger partial charge < -0.3 is 14.5 Å². The van der Waals surface area contributed by atoms with Crippen molar-refractivity contribution in [2.45, 2.75) is 44.9 Å². The van der Waals surface area contributed by atoms with E-state index in [1.807, 2.05) is 0 Å². The second-order valence-electron chi connectivity index (χ2n) is 7.13. The minimum atomic E-state index is -2.08. The van der Waals surface area contributed by atoms with E-state index in [-0.39, 0.29) is 17.2 Å². The average Bonchev–Trinajstić information content (AvgIpc) is 2.49. The molecule has 1 rings (SSSR count). The smallest absolute Gasteiger partial charge is 0.330 e. The Balaban J connectivity index is 2.83. The minimum Gasteiger partial charge on any atom is -0.467 e. The Bertz CT molecular complexity index is 598. The van der Waals surface area contributed by atoms with Crippen LogP contribution in [-0.2, 0) is 14.0 Å². The SMILES string of the molecule is COC(=O)C(CO[Si](C)(C)C(C)(C)C)NC(=O)c1cccc(F)c1. The van der Waals surface area contributed by atoms with E-state index in [2.05, 4.69) is 39.2 Å². The summed E-state index contributed by atoms with van der Waals surface area (Å²) in [4.78, 5) is 24.2. The van der Waals surface area contributed by atoms with Gasteiger partial charge in [0, 0.05) is 5.56 Å². The van der Waals surface area contributed by atoms with Crippen LogP contribution in [0.5, 0.6) is 0 Å². The molecule has 1 aromatic carbocycles. The number of hydrogen-bond donors (Lipinski definition) is 1. The molecule has 0 saturated heterocycles. The fraction of sp³-hybridized carbons (Fsp3) is 0.529. The summed E-state index contributed by atoms with van der Waals surface area (Å²) in [7, 11) is -0.839. The number of ether oxygens (including phenoxy) is 1. The molecule has 134 valence electrons. The van der Waals surface area contributed by atoms with Gasteiger partial charge in [0.1, 0.15) is 11.9 Å². The number of hydrogen-bond acceptors (Lipinski definition) is 4. The highest BCUT2D eigenvalue weighted by Gasteiger charge is 2.38. The quantitative estimate of drug-likeness (QED) is 0.629. The van der Waals surface area contributed by atoms with Crippen LogP contribution >= 0.6 is 0 Å². The van der Waals surface area contributed by atoms with Crippen LogP contribution in [0.4, 0.5) is 4.39 Å². The molecule has 0 aromatic heterocycles. The molecule has 5 nitrogen and oxygen atoms in total. The molecule has 0 heterocycles. The van der Waals surface area contributed by atoms with Crippen LogP contribution in [0.25, 0.3) is 0 Å². The van der Waals surface area contributed by atoms with Gasteiger partial charge in [0.05, 0.1) is 13.7 Å². The lowest BCUT2D eigenvalue weighted by Gasteiger charge is -2.37. The summed E-state index contributed by atoms with van der Waals surface area (Å²) in [6.45, 7) is 10.4. The molecular formula is C17H26FNO4Si. The van der Waals surface area contributed by atoms with Crippen molar-refractivity contribution in [3.05, 3.63) is 35.6 Å². The van der Waals surface area contributed by atoms with E-state index in [1.54, 1.807) is 0 Å². The van der Waals surface area contributed by atoms with Gasteiger partial charge in [0.25, 0.3) is 5.91 Å². The largest absolute Gasteiger partial charge is 0.467 e. The van der Waals surface area contributed by atoms with Crippen molar-refractivity contribution < 1.29 is 23.1 Å². The van der Waals surface area contributed by atoms with Gasteiger partial charge in [0.15, 0.2) is 8.32 Å². The van der Waals surface area contributed by atoms with Gasteiger partial charge >= 0.3 is 5.97 Å². The zero-order chi connectivity index (χ0) is 18.5. The molecule has 7 heteroatoms.